The molecule has 0 aromatic heterocycles. The van der Waals surface area contributed by atoms with E-state index in [0.29, 0.717) is 22.4 Å². The molecule has 108 valence electrons. The van der Waals surface area contributed by atoms with Crippen LogP contribution in [0.5, 0.6) is 11.5 Å². The molecule has 3 nitrogen and oxygen atoms in total. The Hall–Kier alpha value is -0.930. The van der Waals surface area contributed by atoms with Crippen LogP contribution in [0.4, 0.5) is 0 Å². The molecule has 1 aromatic rings. The SMILES string of the molecule is COc1cc(CC(C)(C)N)c(C(C)C)c(Cl)c1OC. The van der Waals surface area contributed by atoms with Gasteiger partial charge in [-0.25, -0.2) is 0 Å². The number of hydrogen-bond donors (Lipinski definition) is 1. The van der Waals surface area contributed by atoms with E-state index in [-0.39, 0.29) is 5.54 Å². The van der Waals surface area contributed by atoms with Crippen LogP contribution in [-0.2, 0) is 6.42 Å². The molecular weight excluding hydrogens is 262 g/mol. The molecule has 0 saturated heterocycles. The van der Waals surface area contributed by atoms with E-state index in [9.17, 15) is 0 Å². The second-order valence-corrected chi connectivity index (χ2v) is 6.20. The van der Waals surface area contributed by atoms with Gasteiger partial charge >= 0.3 is 0 Å². The summed E-state index contributed by atoms with van der Waals surface area (Å²) >= 11 is 6.48. The highest BCUT2D eigenvalue weighted by molar-refractivity contribution is 6.33. The van der Waals surface area contributed by atoms with E-state index in [4.69, 9.17) is 26.8 Å². The van der Waals surface area contributed by atoms with Gasteiger partial charge in [0.1, 0.15) is 0 Å². The normalized spacial score (nSPS) is 11.8. The van der Waals surface area contributed by atoms with Gasteiger partial charge in [-0.3, -0.25) is 0 Å². The Bertz CT molecular complexity index is 450. The lowest BCUT2D eigenvalue weighted by Gasteiger charge is -2.24. The summed E-state index contributed by atoms with van der Waals surface area (Å²) in [5, 5.41) is 0.621. The van der Waals surface area contributed by atoms with Crippen LogP contribution in [0.1, 0.15) is 44.7 Å². The Morgan fingerprint density at radius 1 is 1.26 bits per heavy atom. The van der Waals surface area contributed by atoms with Crippen molar-refractivity contribution < 1.29 is 9.47 Å². The first-order valence-corrected chi connectivity index (χ1v) is 6.81. The van der Waals surface area contributed by atoms with Crippen LogP contribution in [0.2, 0.25) is 5.02 Å². The van der Waals surface area contributed by atoms with E-state index >= 15 is 0 Å². The predicted molar refractivity (Wildman–Crippen MR) is 80.6 cm³/mol. The van der Waals surface area contributed by atoms with Crippen LogP contribution in [0.15, 0.2) is 6.07 Å². The average molecular weight is 286 g/mol. The van der Waals surface area contributed by atoms with E-state index in [2.05, 4.69) is 13.8 Å². The van der Waals surface area contributed by atoms with E-state index in [1.54, 1.807) is 14.2 Å². The first kappa shape index (κ1) is 16.1. The fourth-order valence-electron chi connectivity index (χ4n) is 2.28. The van der Waals surface area contributed by atoms with Crippen molar-refractivity contribution in [2.24, 2.45) is 5.73 Å². The van der Waals surface area contributed by atoms with Crippen LogP contribution in [0, 0.1) is 0 Å². The highest BCUT2D eigenvalue weighted by Crippen LogP contribution is 2.43. The fourth-order valence-corrected chi connectivity index (χ4v) is 2.79. The summed E-state index contributed by atoms with van der Waals surface area (Å²) in [5.41, 5.74) is 8.03. The van der Waals surface area contributed by atoms with Crippen LogP contribution < -0.4 is 15.2 Å². The summed E-state index contributed by atoms with van der Waals surface area (Å²) < 4.78 is 10.7. The molecule has 0 unspecified atom stereocenters. The molecule has 2 N–H and O–H groups in total. The number of rotatable bonds is 5. The molecule has 0 aliphatic heterocycles. The van der Waals surface area contributed by atoms with Gasteiger partial charge in [0.2, 0.25) is 0 Å². The van der Waals surface area contributed by atoms with Gasteiger partial charge in [0, 0.05) is 5.54 Å². The van der Waals surface area contributed by atoms with Crippen molar-refractivity contribution in [3.63, 3.8) is 0 Å². The first-order valence-electron chi connectivity index (χ1n) is 6.43. The summed E-state index contributed by atoms with van der Waals surface area (Å²) in [6.45, 7) is 8.23. The maximum absolute atomic E-state index is 6.48. The molecule has 0 saturated carbocycles. The molecule has 0 aliphatic carbocycles. The zero-order valence-corrected chi connectivity index (χ0v) is 13.4. The molecule has 0 amide bonds. The second-order valence-electron chi connectivity index (χ2n) is 5.82. The van der Waals surface area contributed by atoms with Gasteiger partial charge in [0.15, 0.2) is 11.5 Å². The van der Waals surface area contributed by atoms with Gasteiger partial charge in [-0.1, -0.05) is 25.4 Å². The molecule has 0 radical (unpaired) electrons. The van der Waals surface area contributed by atoms with E-state index in [1.807, 2.05) is 19.9 Å². The highest BCUT2D eigenvalue weighted by Gasteiger charge is 2.23. The van der Waals surface area contributed by atoms with Gasteiger partial charge in [-0.05, 0) is 43.4 Å². The number of ether oxygens (including phenoxy) is 2. The van der Waals surface area contributed by atoms with Crippen LogP contribution >= 0.6 is 11.6 Å². The molecule has 4 heteroatoms. The lowest BCUT2D eigenvalue weighted by molar-refractivity contribution is 0.353. The standard InChI is InChI=1S/C15H24ClNO2/c1-9(2)12-10(8-15(3,4)17)7-11(18-5)14(19-6)13(12)16/h7,9H,8,17H2,1-6H3. The van der Waals surface area contributed by atoms with Crippen molar-refractivity contribution in [2.45, 2.75) is 45.6 Å². The minimum atomic E-state index is -0.299. The molecule has 0 spiro atoms. The van der Waals surface area contributed by atoms with Gasteiger partial charge in [-0.15, -0.1) is 0 Å². The van der Waals surface area contributed by atoms with Crippen molar-refractivity contribution in [3.05, 3.63) is 22.2 Å². The lowest BCUT2D eigenvalue weighted by atomic mass is 9.88. The quantitative estimate of drug-likeness (QED) is 0.896. The number of halogens is 1. The molecule has 0 fully saturated rings. The smallest absolute Gasteiger partial charge is 0.179 e. The molecular formula is C15H24ClNO2. The molecule has 0 atom stereocenters. The topological polar surface area (TPSA) is 44.5 Å². The average Bonchev–Trinajstić information content (AvgIpc) is 2.25. The Balaban J connectivity index is 3.48. The Labute approximate surface area is 121 Å². The Kier molecular flexibility index (Phi) is 5.11. The maximum Gasteiger partial charge on any atom is 0.179 e. The van der Waals surface area contributed by atoms with Crippen molar-refractivity contribution in [1.29, 1.82) is 0 Å². The van der Waals surface area contributed by atoms with Crippen LogP contribution in [0.3, 0.4) is 0 Å². The third kappa shape index (κ3) is 3.77. The molecule has 19 heavy (non-hydrogen) atoms. The number of methoxy groups -OCH3 is 2. The first-order chi connectivity index (χ1) is 8.71. The van der Waals surface area contributed by atoms with E-state index in [1.165, 1.54) is 0 Å². The van der Waals surface area contributed by atoms with Gasteiger partial charge in [-0.2, -0.15) is 0 Å². The Morgan fingerprint density at radius 2 is 1.84 bits per heavy atom. The van der Waals surface area contributed by atoms with Crippen molar-refractivity contribution >= 4 is 11.6 Å². The maximum atomic E-state index is 6.48. The second kappa shape index (κ2) is 6.02. The summed E-state index contributed by atoms with van der Waals surface area (Å²) in [5.74, 6) is 1.53. The number of hydrogen-bond acceptors (Lipinski definition) is 3. The van der Waals surface area contributed by atoms with Crippen molar-refractivity contribution in [2.75, 3.05) is 14.2 Å². The molecule has 0 bridgehead atoms. The lowest BCUT2D eigenvalue weighted by Crippen LogP contribution is -2.34. The summed E-state index contributed by atoms with van der Waals surface area (Å²) in [6, 6.07) is 1.98. The summed E-state index contributed by atoms with van der Waals surface area (Å²) in [7, 11) is 3.21. The zero-order chi connectivity index (χ0) is 14.8. The van der Waals surface area contributed by atoms with Gasteiger partial charge in [0.05, 0.1) is 19.2 Å². The van der Waals surface area contributed by atoms with Crippen molar-refractivity contribution in [1.82, 2.24) is 0 Å². The molecule has 1 aromatic carbocycles. The van der Waals surface area contributed by atoms with Crippen LogP contribution in [0.25, 0.3) is 0 Å². The van der Waals surface area contributed by atoms with Crippen LogP contribution in [-0.4, -0.2) is 19.8 Å². The van der Waals surface area contributed by atoms with E-state index < -0.39 is 0 Å². The largest absolute Gasteiger partial charge is 0.493 e. The minimum absolute atomic E-state index is 0.296. The number of nitrogens with two attached hydrogens (primary N) is 1. The Morgan fingerprint density at radius 3 is 2.21 bits per heavy atom. The predicted octanol–water partition coefficient (Wildman–Crippen LogP) is 3.76. The number of benzene rings is 1. The minimum Gasteiger partial charge on any atom is -0.493 e. The molecule has 1 rings (SSSR count). The van der Waals surface area contributed by atoms with Crippen molar-refractivity contribution in [3.8, 4) is 11.5 Å². The summed E-state index contributed by atoms with van der Waals surface area (Å²) in [4.78, 5) is 0. The van der Waals surface area contributed by atoms with Gasteiger partial charge < -0.3 is 15.2 Å². The van der Waals surface area contributed by atoms with E-state index in [0.717, 1.165) is 17.5 Å². The highest BCUT2D eigenvalue weighted by atomic mass is 35.5. The summed E-state index contributed by atoms with van der Waals surface area (Å²) in [6.07, 6.45) is 0.737. The molecule has 0 aliphatic rings. The van der Waals surface area contributed by atoms with Gasteiger partial charge in [0.25, 0.3) is 0 Å². The zero-order valence-electron chi connectivity index (χ0n) is 12.6. The third-order valence-electron chi connectivity index (χ3n) is 2.96. The third-order valence-corrected chi connectivity index (χ3v) is 3.33. The fraction of sp³-hybridized carbons (Fsp3) is 0.600. The molecule has 0 heterocycles. The monoisotopic (exact) mass is 285 g/mol.